The Morgan fingerprint density at radius 3 is 2.50 bits per heavy atom. The van der Waals surface area contributed by atoms with Gasteiger partial charge in [0.25, 0.3) is 10.2 Å². The molecule has 1 aliphatic heterocycles. The second kappa shape index (κ2) is 6.38. The highest BCUT2D eigenvalue weighted by molar-refractivity contribution is 7.87. The third kappa shape index (κ3) is 5.01. The third-order valence-corrected chi connectivity index (χ3v) is 4.60. The minimum atomic E-state index is -3.82. The molecule has 1 rings (SSSR count). The monoisotopic (exact) mass is 308 g/mol. The van der Waals surface area contributed by atoms with E-state index in [9.17, 15) is 13.2 Å². The average molecular weight is 308 g/mol. The number of carboxylic acid groups (broad SMARTS) is 1. The van der Waals surface area contributed by atoms with Crippen LogP contribution in [-0.4, -0.2) is 55.1 Å². The van der Waals surface area contributed by atoms with Crippen molar-refractivity contribution in [3.8, 4) is 0 Å². The van der Waals surface area contributed by atoms with E-state index in [2.05, 4.69) is 4.72 Å². The van der Waals surface area contributed by atoms with Crippen molar-refractivity contribution in [2.75, 3.05) is 19.7 Å². The van der Waals surface area contributed by atoms with Crippen LogP contribution < -0.4 is 4.72 Å². The standard InChI is InChI=1S/C12H24N2O5S/c1-9(2)7-10(11(15)16)13-20(17,18)14-5-6-19-12(3,4)8-14/h9-10,13H,5-8H2,1-4H3,(H,15,16)/t10-/m1/s1. The van der Waals surface area contributed by atoms with E-state index in [4.69, 9.17) is 9.84 Å². The number of hydrogen-bond donors (Lipinski definition) is 2. The summed E-state index contributed by atoms with van der Waals surface area (Å²) < 4.78 is 33.5. The number of nitrogens with one attached hydrogen (secondary N) is 1. The number of carboxylic acids is 1. The highest BCUT2D eigenvalue weighted by atomic mass is 32.2. The Labute approximate surface area is 120 Å². The number of morpholine rings is 1. The van der Waals surface area contributed by atoms with E-state index in [0.717, 1.165) is 0 Å². The summed E-state index contributed by atoms with van der Waals surface area (Å²) >= 11 is 0. The zero-order valence-electron chi connectivity index (χ0n) is 12.4. The fraction of sp³-hybridized carbons (Fsp3) is 0.917. The lowest BCUT2D eigenvalue weighted by Gasteiger charge is -2.37. The van der Waals surface area contributed by atoms with E-state index in [0.29, 0.717) is 6.61 Å². The molecule has 0 amide bonds. The first kappa shape index (κ1) is 17.4. The maximum Gasteiger partial charge on any atom is 0.321 e. The molecular weight excluding hydrogens is 284 g/mol. The average Bonchev–Trinajstić information content (AvgIpc) is 2.25. The number of hydrogen-bond acceptors (Lipinski definition) is 4. The predicted molar refractivity (Wildman–Crippen MR) is 74.5 cm³/mol. The Kier molecular flexibility index (Phi) is 5.54. The van der Waals surface area contributed by atoms with Crippen molar-refractivity contribution in [2.45, 2.75) is 45.8 Å². The summed E-state index contributed by atoms with van der Waals surface area (Å²) in [4.78, 5) is 11.2. The van der Waals surface area contributed by atoms with Crippen LogP contribution >= 0.6 is 0 Å². The maximum absolute atomic E-state index is 12.3. The predicted octanol–water partition coefficient (Wildman–Crippen LogP) is 0.431. The largest absolute Gasteiger partial charge is 0.480 e. The zero-order chi connectivity index (χ0) is 15.6. The minimum Gasteiger partial charge on any atom is -0.480 e. The molecule has 1 heterocycles. The van der Waals surface area contributed by atoms with Crippen LogP contribution in [0.5, 0.6) is 0 Å². The first-order chi connectivity index (χ1) is 9.03. The van der Waals surface area contributed by atoms with Gasteiger partial charge >= 0.3 is 5.97 Å². The van der Waals surface area contributed by atoms with E-state index < -0.39 is 27.8 Å². The molecule has 0 bridgehead atoms. The van der Waals surface area contributed by atoms with Crippen molar-refractivity contribution >= 4 is 16.2 Å². The van der Waals surface area contributed by atoms with Crippen LogP contribution in [0.3, 0.4) is 0 Å². The normalized spacial score (nSPS) is 21.9. The van der Waals surface area contributed by atoms with E-state index in [1.807, 2.05) is 13.8 Å². The van der Waals surface area contributed by atoms with E-state index in [1.165, 1.54) is 4.31 Å². The van der Waals surface area contributed by atoms with Crippen LogP contribution in [0.15, 0.2) is 0 Å². The smallest absolute Gasteiger partial charge is 0.321 e. The lowest BCUT2D eigenvalue weighted by atomic mass is 10.1. The van der Waals surface area contributed by atoms with Crippen LogP contribution in [0.1, 0.15) is 34.1 Å². The van der Waals surface area contributed by atoms with Gasteiger partial charge in [-0.25, -0.2) is 0 Å². The second-order valence-corrected chi connectivity index (χ2v) is 7.79. The van der Waals surface area contributed by atoms with Crippen molar-refractivity contribution in [2.24, 2.45) is 5.92 Å². The van der Waals surface area contributed by atoms with Crippen molar-refractivity contribution in [3.05, 3.63) is 0 Å². The summed E-state index contributed by atoms with van der Waals surface area (Å²) in [7, 11) is -3.82. The summed E-state index contributed by atoms with van der Waals surface area (Å²) in [5.41, 5.74) is -0.566. The molecule has 8 heteroatoms. The topological polar surface area (TPSA) is 95.9 Å². The van der Waals surface area contributed by atoms with Crippen LogP contribution in [0, 0.1) is 5.92 Å². The fourth-order valence-electron chi connectivity index (χ4n) is 2.10. The molecule has 1 saturated heterocycles. The van der Waals surface area contributed by atoms with Crippen LogP contribution in [0.4, 0.5) is 0 Å². The van der Waals surface area contributed by atoms with E-state index in [-0.39, 0.29) is 25.4 Å². The Balaban J connectivity index is 2.79. The molecule has 0 aliphatic carbocycles. The molecule has 0 unspecified atom stereocenters. The summed E-state index contributed by atoms with van der Waals surface area (Å²) in [6.07, 6.45) is 0.252. The van der Waals surface area contributed by atoms with Gasteiger partial charge in [0.1, 0.15) is 6.04 Å². The lowest BCUT2D eigenvalue weighted by Crippen LogP contribution is -2.56. The van der Waals surface area contributed by atoms with E-state index >= 15 is 0 Å². The molecule has 118 valence electrons. The van der Waals surface area contributed by atoms with Crippen LogP contribution in [-0.2, 0) is 19.7 Å². The van der Waals surface area contributed by atoms with Crippen LogP contribution in [0.25, 0.3) is 0 Å². The van der Waals surface area contributed by atoms with Gasteiger partial charge in [0.2, 0.25) is 0 Å². The van der Waals surface area contributed by atoms with Crippen molar-refractivity contribution in [1.82, 2.24) is 9.03 Å². The molecule has 20 heavy (non-hydrogen) atoms. The molecule has 1 fully saturated rings. The van der Waals surface area contributed by atoms with Crippen molar-refractivity contribution in [1.29, 1.82) is 0 Å². The number of rotatable bonds is 6. The first-order valence-electron chi connectivity index (χ1n) is 6.68. The molecule has 0 radical (unpaired) electrons. The molecule has 7 nitrogen and oxygen atoms in total. The van der Waals surface area contributed by atoms with E-state index in [1.54, 1.807) is 13.8 Å². The zero-order valence-corrected chi connectivity index (χ0v) is 13.2. The summed E-state index contributed by atoms with van der Waals surface area (Å²) in [6.45, 7) is 8.04. The molecule has 1 atom stereocenters. The van der Waals surface area contributed by atoms with Gasteiger partial charge in [-0.3, -0.25) is 4.79 Å². The van der Waals surface area contributed by atoms with Gasteiger partial charge in [0.15, 0.2) is 0 Å². The fourth-order valence-corrected chi connectivity index (χ4v) is 3.60. The Bertz CT molecular complexity index is 447. The highest BCUT2D eigenvalue weighted by Crippen LogP contribution is 2.19. The molecule has 0 aromatic heterocycles. The first-order valence-corrected chi connectivity index (χ1v) is 8.12. The molecule has 0 aromatic carbocycles. The quantitative estimate of drug-likeness (QED) is 0.742. The summed E-state index contributed by atoms with van der Waals surface area (Å²) in [5, 5.41) is 9.12. The molecule has 0 saturated carbocycles. The van der Waals surface area contributed by atoms with Gasteiger partial charge in [-0.15, -0.1) is 0 Å². The molecule has 2 N–H and O–H groups in total. The lowest BCUT2D eigenvalue weighted by molar-refractivity contribution is -0.139. The van der Waals surface area contributed by atoms with Crippen LogP contribution in [0.2, 0.25) is 0 Å². The minimum absolute atomic E-state index is 0.0833. The number of aliphatic carboxylic acids is 1. The molecule has 1 aliphatic rings. The van der Waals surface area contributed by atoms with Crippen molar-refractivity contribution in [3.63, 3.8) is 0 Å². The van der Waals surface area contributed by atoms with Gasteiger partial charge < -0.3 is 9.84 Å². The Hall–Kier alpha value is -0.700. The summed E-state index contributed by atoms with van der Waals surface area (Å²) in [6, 6.07) is -1.11. The number of ether oxygens (including phenoxy) is 1. The SMILES string of the molecule is CC(C)C[C@@H](NS(=O)(=O)N1CCOC(C)(C)C1)C(=O)O. The number of nitrogens with zero attached hydrogens (tertiary/aromatic N) is 1. The van der Waals surface area contributed by atoms with Gasteiger partial charge in [0, 0.05) is 13.1 Å². The molecule has 0 spiro atoms. The highest BCUT2D eigenvalue weighted by Gasteiger charge is 2.36. The Morgan fingerprint density at radius 1 is 1.45 bits per heavy atom. The van der Waals surface area contributed by atoms with Gasteiger partial charge in [-0.2, -0.15) is 17.4 Å². The summed E-state index contributed by atoms with van der Waals surface area (Å²) in [5.74, 6) is -1.07. The Morgan fingerprint density at radius 2 is 2.05 bits per heavy atom. The molecule has 0 aromatic rings. The van der Waals surface area contributed by atoms with Gasteiger partial charge in [-0.1, -0.05) is 13.8 Å². The number of carbonyl (C=O) groups is 1. The van der Waals surface area contributed by atoms with Crippen molar-refractivity contribution < 1.29 is 23.1 Å². The van der Waals surface area contributed by atoms with Gasteiger partial charge in [-0.05, 0) is 26.2 Å². The third-order valence-electron chi connectivity index (χ3n) is 3.03. The second-order valence-electron chi connectivity index (χ2n) is 6.08. The van der Waals surface area contributed by atoms with Gasteiger partial charge in [0.05, 0.1) is 12.2 Å². The molecular formula is C12H24N2O5S. The maximum atomic E-state index is 12.3.